The molecule has 0 aliphatic heterocycles. The van der Waals surface area contributed by atoms with Gasteiger partial charge in [-0.3, -0.25) is 9.36 Å². The minimum Gasteiger partial charge on any atom is -0.756 e. The third-order valence-electron chi connectivity index (χ3n) is 8.79. The van der Waals surface area contributed by atoms with Gasteiger partial charge in [-0.2, -0.15) is 0 Å². The second-order valence-corrected chi connectivity index (χ2v) is 16.4. The highest BCUT2D eigenvalue weighted by Crippen LogP contribution is 2.38. The molecule has 0 saturated carbocycles. The van der Waals surface area contributed by atoms with E-state index in [9.17, 15) is 19.4 Å². The summed E-state index contributed by atoms with van der Waals surface area (Å²) in [6, 6.07) is -0.891. The van der Waals surface area contributed by atoms with Crippen LogP contribution >= 0.6 is 7.82 Å². The van der Waals surface area contributed by atoms with Crippen LogP contribution in [-0.2, 0) is 18.4 Å². The lowest BCUT2D eigenvalue weighted by atomic mass is 10.1. The highest BCUT2D eigenvalue weighted by Gasteiger charge is 2.23. The fourth-order valence-corrected chi connectivity index (χ4v) is 6.22. The first-order valence-corrected chi connectivity index (χ1v) is 21.8. The van der Waals surface area contributed by atoms with Crippen molar-refractivity contribution in [3.05, 3.63) is 36.5 Å². The van der Waals surface area contributed by atoms with Crippen LogP contribution in [0.1, 0.15) is 168 Å². The van der Waals surface area contributed by atoms with E-state index in [1.807, 2.05) is 27.2 Å². The Labute approximate surface area is 308 Å². The SMILES string of the molecule is CCC/C=C/CCCCCCCC/C=C/C(O)C(COP(=O)([O-])OCC[N+](C)(C)C)NC(=O)CCCCCCC/C=C/CCCCCCCC. The van der Waals surface area contributed by atoms with Gasteiger partial charge in [0.25, 0.3) is 7.82 Å². The average molecular weight is 727 g/mol. The second kappa shape index (κ2) is 33.5. The number of carbonyl (C=O) groups is 1. The zero-order valence-electron chi connectivity index (χ0n) is 33.1. The number of hydrogen-bond donors (Lipinski definition) is 2. The predicted molar refractivity (Wildman–Crippen MR) is 210 cm³/mol. The topological polar surface area (TPSA) is 108 Å². The molecule has 8 nitrogen and oxygen atoms in total. The first-order chi connectivity index (χ1) is 24.0. The Bertz CT molecular complexity index is 917. The van der Waals surface area contributed by atoms with Crippen molar-refractivity contribution in [2.45, 2.75) is 180 Å². The van der Waals surface area contributed by atoms with Gasteiger partial charge in [-0.1, -0.05) is 134 Å². The fourth-order valence-electron chi connectivity index (χ4n) is 5.50. The van der Waals surface area contributed by atoms with E-state index >= 15 is 0 Å². The molecule has 0 spiro atoms. The fraction of sp³-hybridized carbons (Fsp3) is 0.829. The maximum Gasteiger partial charge on any atom is 0.268 e. The number of rotatable bonds is 36. The van der Waals surface area contributed by atoms with Crippen LogP contribution in [0.5, 0.6) is 0 Å². The van der Waals surface area contributed by atoms with Gasteiger partial charge in [-0.25, -0.2) is 0 Å². The van der Waals surface area contributed by atoms with Gasteiger partial charge >= 0.3 is 0 Å². The molecule has 0 fully saturated rings. The van der Waals surface area contributed by atoms with Crippen LogP contribution in [0.4, 0.5) is 0 Å². The van der Waals surface area contributed by atoms with Crippen molar-refractivity contribution in [2.24, 2.45) is 0 Å². The van der Waals surface area contributed by atoms with Crippen molar-refractivity contribution in [1.82, 2.24) is 5.32 Å². The molecule has 9 heteroatoms. The number of allylic oxidation sites excluding steroid dienone is 5. The molecule has 294 valence electrons. The zero-order chi connectivity index (χ0) is 37.2. The maximum atomic E-state index is 12.8. The summed E-state index contributed by atoms with van der Waals surface area (Å²) in [4.78, 5) is 25.2. The smallest absolute Gasteiger partial charge is 0.268 e. The van der Waals surface area contributed by atoms with E-state index < -0.39 is 20.0 Å². The standard InChI is InChI=1S/C41H79N2O6P/c1-6-8-10-12-14-16-18-20-21-23-25-27-29-31-33-35-41(45)42-39(38-49-50(46,47)48-37-36-43(3,4)5)40(44)34-32-30-28-26-24-22-19-17-15-13-11-9-7-2/h11,13,20-21,32,34,39-40,44H,6-10,12,14-19,22-31,33,35-38H2,1-5H3,(H-,42,45,46,47)/b13-11+,21-20+,34-32+. The number of nitrogens with one attached hydrogen (secondary N) is 1. The van der Waals surface area contributed by atoms with Crippen molar-refractivity contribution in [3.8, 4) is 0 Å². The number of carbonyl (C=O) groups excluding carboxylic acids is 1. The molecule has 0 saturated heterocycles. The molecule has 3 unspecified atom stereocenters. The van der Waals surface area contributed by atoms with Gasteiger partial charge in [0.05, 0.1) is 39.9 Å². The summed E-state index contributed by atoms with van der Waals surface area (Å²) in [5.41, 5.74) is 0. The van der Waals surface area contributed by atoms with Gasteiger partial charge in [-0.15, -0.1) is 0 Å². The summed E-state index contributed by atoms with van der Waals surface area (Å²) in [5, 5.41) is 13.7. The van der Waals surface area contributed by atoms with Gasteiger partial charge in [-0.05, 0) is 64.2 Å². The number of unbranched alkanes of at least 4 members (excludes halogenated alkanes) is 19. The summed E-state index contributed by atoms with van der Waals surface area (Å²) in [7, 11) is 1.24. The molecule has 0 aromatic carbocycles. The number of phosphoric ester groups is 1. The molecule has 0 rings (SSSR count). The third-order valence-corrected chi connectivity index (χ3v) is 9.76. The summed E-state index contributed by atoms with van der Waals surface area (Å²) in [5.74, 6) is -0.212. The van der Waals surface area contributed by atoms with Gasteiger partial charge in [0.2, 0.25) is 5.91 Å². The van der Waals surface area contributed by atoms with Crippen molar-refractivity contribution in [2.75, 3.05) is 40.9 Å². The molecule has 0 bridgehead atoms. The molecule has 0 radical (unpaired) electrons. The molecule has 0 aromatic rings. The van der Waals surface area contributed by atoms with Crippen LogP contribution in [0.3, 0.4) is 0 Å². The van der Waals surface area contributed by atoms with E-state index in [2.05, 4.69) is 43.5 Å². The van der Waals surface area contributed by atoms with Crippen LogP contribution in [0.2, 0.25) is 0 Å². The number of amides is 1. The van der Waals surface area contributed by atoms with Gasteiger partial charge in [0.1, 0.15) is 13.2 Å². The Hall–Kier alpha value is -1.28. The van der Waals surface area contributed by atoms with Crippen molar-refractivity contribution < 1.29 is 32.9 Å². The molecule has 2 N–H and O–H groups in total. The maximum absolute atomic E-state index is 12.8. The van der Waals surface area contributed by atoms with E-state index in [-0.39, 0.29) is 19.1 Å². The number of aliphatic hydroxyl groups is 1. The highest BCUT2D eigenvalue weighted by molar-refractivity contribution is 7.45. The average Bonchev–Trinajstić information content (AvgIpc) is 3.06. The quantitative estimate of drug-likeness (QED) is 0.0288. The largest absolute Gasteiger partial charge is 0.756 e. The normalized spacial score (nSPS) is 14.9. The highest BCUT2D eigenvalue weighted by atomic mass is 31.2. The minimum absolute atomic E-state index is 0.00471. The molecule has 50 heavy (non-hydrogen) atoms. The molecule has 0 aliphatic rings. The number of hydrogen-bond acceptors (Lipinski definition) is 6. The van der Waals surface area contributed by atoms with Crippen molar-refractivity contribution in [3.63, 3.8) is 0 Å². The van der Waals surface area contributed by atoms with Crippen LogP contribution in [0.25, 0.3) is 0 Å². The van der Waals surface area contributed by atoms with Crippen LogP contribution in [0.15, 0.2) is 36.5 Å². The molecule has 0 aromatic heterocycles. The molecule has 3 atom stereocenters. The number of likely N-dealkylation sites (N-methyl/N-ethyl adjacent to an activating group) is 1. The molecule has 0 aliphatic carbocycles. The van der Waals surface area contributed by atoms with Crippen LogP contribution in [-0.4, -0.2) is 68.5 Å². The lowest BCUT2D eigenvalue weighted by Crippen LogP contribution is -2.45. The monoisotopic (exact) mass is 727 g/mol. The number of phosphoric acid groups is 1. The van der Waals surface area contributed by atoms with E-state index in [0.29, 0.717) is 17.4 Å². The summed E-state index contributed by atoms with van der Waals surface area (Å²) in [6.07, 6.45) is 38.9. The summed E-state index contributed by atoms with van der Waals surface area (Å²) < 4.78 is 23.1. The van der Waals surface area contributed by atoms with Crippen molar-refractivity contribution >= 4 is 13.7 Å². The lowest BCUT2D eigenvalue weighted by Gasteiger charge is -2.29. The van der Waals surface area contributed by atoms with E-state index in [1.165, 1.54) is 96.3 Å². The molecular weight excluding hydrogens is 647 g/mol. The first kappa shape index (κ1) is 48.7. The van der Waals surface area contributed by atoms with Gasteiger partial charge in [0, 0.05) is 6.42 Å². The Morgan fingerprint density at radius 3 is 1.64 bits per heavy atom. The lowest BCUT2D eigenvalue weighted by molar-refractivity contribution is -0.870. The van der Waals surface area contributed by atoms with Crippen LogP contribution in [0, 0.1) is 0 Å². The van der Waals surface area contributed by atoms with Crippen molar-refractivity contribution in [1.29, 1.82) is 0 Å². The van der Waals surface area contributed by atoms with E-state index in [0.717, 1.165) is 51.4 Å². The van der Waals surface area contributed by atoms with E-state index in [1.54, 1.807) is 6.08 Å². The molecular formula is C41H79N2O6P. The van der Waals surface area contributed by atoms with E-state index in [4.69, 9.17) is 9.05 Å². The Kier molecular flexibility index (Phi) is 32.7. The van der Waals surface area contributed by atoms with Crippen LogP contribution < -0.4 is 10.2 Å². The second-order valence-electron chi connectivity index (χ2n) is 15.0. The Morgan fingerprint density at radius 2 is 1.14 bits per heavy atom. The number of aliphatic hydroxyl groups excluding tert-OH is 1. The Morgan fingerprint density at radius 1 is 0.680 bits per heavy atom. The third kappa shape index (κ3) is 35.1. The molecule has 1 amide bonds. The summed E-state index contributed by atoms with van der Waals surface area (Å²) >= 11 is 0. The minimum atomic E-state index is -4.58. The summed E-state index contributed by atoms with van der Waals surface area (Å²) in [6.45, 7) is 4.55. The van der Waals surface area contributed by atoms with Gasteiger partial charge < -0.3 is 28.8 Å². The van der Waals surface area contributed by atoms with Gasteiger partial charge in [0.15, 0.2) is 0 Å². The Balaban J connectivity index is 4.52. The predicted octanol–water partition coefficient (Wildman–Crippen LogP) is 10.1. The zero-order valence-corrected chi connectivity index (χ0v) is 34.0. The number of quaternary nitrogens is 1. The molecule has 0 heterocycles. The first-order valence-electron chi connectivity index (χ1n) is 20.4. The number of nitrogens with zero attached hydrogens (tertiary/aromatic N) is 1.